The number of rotatable bonds is 5. The van der Waals surface area contributed by atoms with Crippen LogP contribution >= 0.6 is 0 Å². The zero-order valence-corrected chi connectivity index (χ0v) is 11.1. The summed E-state index contributed by atoms with van der Waals surface area (Å²) < 4.78 is 5.04. The number of hydrogen-bond acceptors (Lipinski definition) is 3. The summed E-state index contributed by atoms with van der Waals surface area (Å²) >= 11 is 0. The fraction of sp³-hybridized carbons (Fsp3) is 0.385. The topological polar surface area (TPSA) is 87.7 Å². The molecule has 0 aliphatic heterocycles. The average Bonchev–Trinajstić information content (AvgIpc) is 2.38. The molecule has 0 bridgehead atoms. The monoisotopic (exact) mass is 266 g/mol. The van der Waals surface area contributed by atoms with Crippen LogP contribution in [0.5, 0.6) is 5.75 Å². The molecule has 1 aromatic carbocycles. The second kappa shape index (κ2) is 6.63. The lowest BCUT2D eigenvalue weighted by Gasteiger charge is -2.16. The number of aliphatic carboxylic acids is 1. The Labute approximate surface area is 111 Å². The smallest absolute Gasteiger partial charge is 0.325 e. The molecule has 0 spiro atoms. The van der Waals surface area contributed by atoms with Crippen molar-refractivity contribution in [3.8, 4) is 5.75 Å². The third-order valence-corrected chi connectivity index (χ3v) is 2.68. The van der Waals surface area contributed by atoms with Crippen molar-refractivity contribution in [2.24, 2.45) is 0 Å². The van der Waals surface area contributed by atoms with Crippen molar-refractivity contribution in [1.29, 1.82) is 0 Å². The maximum absolute atomic E-state index is 11.6. The molecule has 19 heavy (non-hydrogen) atoms. The van der Waals surface area contributed by atoms with E-state index in [0.29, 0.717) is 0 Å². The van der Waals surface area contributed by atoms with Gasteiger partial charge in [0.1, 0.15) is 11.8 Å². The van der Waals surface area contributed by atoms with Gasteiger partial charge < -0.3 is 20.5 Å². The molecule has 0 saturated heterocycles. The lowest BCUT2D eigenvalue weighted by atomic mass is 10.1. The molecule has 6 nitrogen and oxygen atoms in total. The van der Waals surface area contributed by atoms with E-state index < -0.39 is 18.0 Å². The van der Waals surface area contributed by atoms with E-state index in [1.807, 2.05) is 19.1 Å². The number of urea groups is 1. The Kier molecular flexibility index (Phi) is 5.17. The molecule has 0 aliphatic rings. The van der Waals surface area contributed by atoms with Crippen LogP contribution in [0.1, 0.15) is 25.5 Å². The van der Waals surface area contributed by atoms with Crippen LogP contribution in [0, 0.1) is 0 Å². The largest absolute Gasteiger partial charge is 0.497 e. The Bertz CT molecular complexity index is 444. The number of carboxylic acids is 1. The van der Waals surface area contributed by atoms with Gasteiger partial charge in [-0.15, -0.1) is 0 Å². The molecule has 104 valence electrons. The van der Waals surface area contributed by atoms with Crippen molar-refractivity contribution in [2.45, 2.75) is 25.9 Å². The Morgan fingerprint density at radius 1 is 1.16 bits per heavy atom. The minimum atomic E-state index is -1.08. The van der Waals surface area contributed by atoms with E-state index in [-0.39, 0.29) is 6.04 Å². The highest BCUT2D eigenvalue weighted by Gasteiger charge is 2.15. The van der Waals surface area contributed by atoms with Crippen LogP contribution in [0.2, 0.25) is 0 Å². The van der Waals surface area contributed by atoms with Crippen LogP contribution in [0.15, 0.2) is 24.3 Å². The molecule has 1 aromatic rings. The first-order chi connectivity index (χ1) is 8.93. The second-order valence-corrected chi connectivity index (χ2v) is 4.17. The highest BCUT2D eigenvalue weighted by Crippen LogP contribution is 2.16. The van der Waals surface area contributed by atoms with Gasteiger partial charge in [0, 0.05) is 0 Å². The molecule has 1 rings (SSSR count). The zero-order valence-electron chi connectivity index (χ0n) is 11.1. The molecule has 0 heterocycles. The summed E-state index contributed by atoms with van der Waals surface area (Å²) in [5, 5.41) is 13.7. The van der Waals surface area contributed by atoms with Crippen molar-refractivity contribution in [1.82, 2.24) is 10.6 Å². The number of nitrogens with one attached hydrogen (secondary N) is 2. The molecular weight excluding hydrogens is 248 g/mol. The predicted molar refractivity (Wildman–Crippen MR) is 70.2 cm³/mol. The standard InChI is InChI=1S/C13H18N2O4/c1-8(10-4-6-11(19-3)7-5-10)14-13(18)15-9(2)12(16)17/h4-9H,1-3H3,(H,16,17)(H2,14,15,18)/t8?,9-/m0/s1. The summed E-state index contributed by atoms with van der Waals surface area (Å²) in [6.45, 7) is 3.22. The number of carbonyl (C=O) groups excluding carboxylic acids is 1. The van der Waals surface area contributed by atoms with Gasteiger partial charge in [-0.05, 0) is 31.5 Å². The van der Waals surface area contributed by atoms with Gasteiger partial charge in [-0.25, -0.2) is 4.79 Å². The van der Waals surface area contributed by atoms with Gasteiger partial charge in [0.25, 0.3) is 0 Å². The van der Waals surface area contributed by atoms with Gasteiger partial charge >= 0.3 is 12.0 Å². The first kappa shape index (κ1) is 14.8. The third-order valence-electron chi connectivity index (χ3n) is 2.68. The van der Waals surface area contributed by atoms with Crippen LogP contribution < -0.4 is 15.4 Å². The molecule has 6 heteroatoms. The fourth-order valence-electron chi connectivity index (χ4n) is 1.47. The summed E-state index contributed by atoms with van der Waals surface area (Å²) in [5.74, 6) is -0.341. The first-order valence-electron chi connectivity index (χ1n) is 5.87. The van der Waals surface area contributed by atoms with Gasteiger partial charge in [0.2, 0.25) is 0 Å². The van der Waals surface area contributed by atoms with Gasteiger partial charge in [-0.3, -0.25) is 4.79 Å². The molecule has 3 N–H and O–H groups in total. The van der Waals surface area contributed by atoms with Crippen molar-refractivity contribution >= 4 is 12.0 Å². The van der Waals surface area contributed by atoms with Gasteiger partial charge in [0.05, 0.1) is 13.2 Å². The molecule has 2 amide bonds. The highest BCUT2D eigenvalue weighted by molar-refractivity contribution is 5.82. The highest BCUT2D eigenvalue weighted by atomic mass is 16.5. The van der Waals surface area contributed by atoms with Crippen LogP contribution in [0.3, 0.4) is 0 Å². The SMILES string of the molecule is COc1ccc(C(C)NC(=O)N[C@@H](C)C(=O)O)cc1. The van der Waals surface area contributed by atoms with Gasteiger partial charge in [0.15, 0.2) is 0 Å². The van der Waals surface area contributed by atoms with Crippen LogP contribution in [-0.2, 0) is 4.79 Å². The summed E-state index contributed by atoms with van der Waals surface area (Å²) in [4.78, 5) is 22.2. The molecule has 0 radical (unpaired) electrons. The molecule has 0 fully saturated rings. The van der Waals surface area contributed by atoms with Crippen molar-refractivity contribution in [2.75, 3.05) is 7.11 Å². The number of hydrogen-bond donors (Lipinski definition) is 3. The van der Waals surface area contributed by atoms with E-state index in [2.05, 4.69) is 10.6 Å². The summed E-state index contributed by atoms with van der Waals surface area (Å²) in [5.41, 5.74) is 0.902. The summed E-state index contributed by atoms with van der Waals surface area (Å²) in [7, 11) is 1.58. The van der Waals surface area contributed by atoms with Crippen molar-refractivity contribution in [3.63, 3.8) is 0 Å². The van der Waals surface area contributed by atoms with E-state index in [1.165, 1.54) is 6.92 Å². The van der Waals surface area contributed by atoms with E-state index in [9.17, 15) is 9.59 Å². The minimum absolute atomic E-state index is 0.230. The first-order valence-corrected chi connectivity index (χ1v) is 5.87. The van der Waals surface area contributed by atoms with E-state index >= 15 is 0 Å². The normalized spacial score (nSPS) is 13.2. The fourth-order valence-corrected chi connectivity index (χ4v) is 1.47. The molecule has 0 saturated carbocycles. The quantitative estimate of drug-likeness (QED) is 0.754. The predicted octanol–water partition coefficient (Wildman–Crippen LogP) is 1.53. The number of ether oxygens (including phenoxy) is 1. The van der Waals surface area contributed by atoms with E-state index in [0.717, 1.165) is 11.3 Å². The van der Waals surface area contributed by atoms with Gasteiger partial charge in [-0.2, -0.15) is 0 Å². The maximum atomic E-state index is 11.6. The number of carboxylic acid groups (broad SMARTS) is 1. The number of carbonyl (C=O) groups is 2. The number of methoxy groups -OCH3 is 1. The molecular formula is C13H18N2O4. The van der Waals surface area contributed by atoms with Crippen molar-refractivity contribution in [3.05, 3.63) is 29.8 Å². The van der Waals surface area contributed by atoms with Gasteiger partial charge in [-0.1, -0.05) is 12.1 Å². The summed E-state index contributed by atoms with van der Waals surface area (Å²) in [6, 6.07) is 5.60. The van der Waals surface area contributed by atoms with E-state index in [1.54, 1.807) is 19.2 Å². The van der Waals surface area contributed by atoms with E-state index in [4.69, 9.17) is 9.84 Å². The Balaban J connectivity index is 2.56. The molecule has 2 atom stereocenters. The number of benzene rings is 1. The molecule has 1 unspecified atom stereocenters. The average molecular weight is 266 g/mol. The van der Waals surface area contributed by atoms with Crippen LogP contribution in [0.25, 0.3) is 0 Å². The Morgan fingerprint density at radius 3 is 2.21 bits per heavy atom. The minimum Gasteiger partial charge on any atom is -0.497 e. The lowest BCUT2D eigenvalue weighted by Crippen LogP contribution is -2.45. The zero-order chi connectivity index (χ0) is 14.4. The van der Waals surface area contributed by atoms with Crippen LogP contribution in [0.4, 0.5) is 4.79 Å². The number of amides is 2. The summed E-state index contributed by atoms with van der Waals surface area (Å²) in [6.07, 6.45) is 0. The van der Waals surface area contributed by atoms with Crippen LogP contribution in [-0.4, -0.2) is 30.3 Å². The van der Waals surface area contributed by atoms with Crippen molar-refractivity contribution < 1.29 is 19.4 Å². The second-order valence-electron chi connectivity index (χ2n) is 4.17. The molecule has 0 aromatic heterocycles. The Hall–Kier alpha value is -2.24. The Morgan fingerprint density at radius 2 is 1.74 bits per heavy atom. The molecule has 0 aliphatic carbocycles. The lowest BCUT2D eigenvalue weighted by molar-refractivity contribution is -0.138. The maximum Gasteiger partial charge on any atom is 0.325 e. The third kappa shape index (κ3) is 4.50.